The SMILES string of the molecule is Cc1ccccc1C(=O)N1CCN(c2ccc(NC(=O)CSc3ccc(Cl)cc3)cc2Cl)CC1. The number of benzene rings is 3. The second kappa shape index (κ2) is 11.2. The van der Waals surface area contributed by atoms with Gasteiger partial charge in [-0.25, -0.2) is 0 Å². The smallest absolute Gasteiger partial charge is 0.254 e. The molecule has 34 heavy (non-hydrogen) atoms. The number of carbonyl (C=O) groups is 2. The Labute approximate surface area is 214 Å². The minimum Gasteiger partial charge on any atom is -0.367 e. The molecule has 0 unspecified atom stereocenters. The van der Waals surface area contributed by atoms with Crippen LogP contribution in [0.15, 0.2) is 71.6 Å². The Bertz CT molecular complexity index is 1180. The molecule has 1 saturated heterocycles. The van der Waals surface area contributed by atoms with Crippen LogP contribution in [0.3, 0.4) is 0 Å². The number of hydrogen-bond acceptors (Lipinski definition) is 4. The van der Waals surface area contributed by atoms with E-state index >= 15 is 0 Å². The van der Waals surface area contributed by atoms with Gasteiger partial charge in [-0.1, -0.05) is 41.4 Å². The van der Waals surface area contributed by atoms with E-state index in [1.807, 2.05) is 60.4 Å². The van der Waals surface area contributed by atoms with E-state index in [4.69, 9.17) is 23.2 Å². The lowest BCUT2D eigenvalue weighted by molar-refractivity contribution is -0.113. The second-order valence-electron chi connectivity index (χ2n) is 8.05. The average Bonchev–Trinajstić information content (AvgIpc) is 2.84. The summed E-state index contributed by atoms with van der Waals surface area (Å²) < 4.78 is 0. The maximum atomic E-state index is 12.9. The summed E-state index contributed by atoms with van der Waals surface area (Å²) in [5, 5.41) is 4.14. The van der Waals surface area contributed by atoms with Crippen molar-refractivity contribution in [2.45, 2.75) is 11.8 Å². The number of nitrogens with zero attached hydrogens (tertiary/aromatic N) is 2. The molecule has 0 aromatic heterocycles. The predicted octanol–water partition coefficient (Wildman–Crippen LogP) is 6.00. The van der Waals surface area contributed by atoms with Gasteiger partial charge in [0, 0.05) is 47.3 Å². The van der Waals surface area contributed by atoms with Gasteiger partial charge in [-0.05, 0) is 61.0 Å². The van der Waals surface area contributed by atoms with Crippen LogP contribution in [0.25, 0.3) is 0 Å². The number of aryl methyl sites for hydroxylation is 1. The zero-order chi connectivity index (χ0) is 24.1. The first-order valence-electron chi connectivity index (χ1n) is 11.0. The van der Waals surface area contributed by atoms with Crippen molar-refractivity contribution in [2.75, 3.05) is 42.1 Å². The van der Waals surface area contributed by atoms with Gasteiger partial charge in [-0.2, -0.15) is 0 Å². The van der Waals surface area contributed by atoms with Crippen LogP contribution in [0.1, 0.15) is 15.9 Å². The highest BCUT2D eigenvalue weighted by atomic mass is 35.5. The fourth-order valence-electron chi connectivity index (χ4n) is 3.85. The van der Waals surface area contributed by atoms with Crippen LogP contribution < -0.4 is 10.2 Å². The first-order chi connectivity index (χ1) is 16.4. The molecule has 3 aromatic rings. The molecule has 1 fully saturated rings. The lowest BCUT2D eigenvalue weighted by Gasteiger charge is -2.36. The zero-order valence-electron chi connectivity index (χ0n) is 18.8. The van der Waals surface area contributed by atoms with Gasteiger partial charge in [0.2, 0.25) is 5.91 Å². The predicted molar refractivity (Wildman–Crippen MR) is 142 cm³/mol. The molecule has 4 rings (SSSR count). The summed E-state index contributed by atoms with van der Waals surface area (Å²) in [4.78, 5) is 30.3. The molecule has 1 heterocycles. The highest BCUT2D eigenvalue weighted by Gasteiger charge is 2.24. The molecule has 0 radical (unpaired) electrons. The Kier molecular flexibility index (Phi) is 8.03. The first kappa shape index (κ1) is 24.5. The Hall–Kier alpha value is -2.67. The Balaban J connectivity index is 1.31. The number of nitrogens with one attached hydrogen (secondary N) is 1. The van der Waals surface area contributed by atoms with Crippen molar-refractivity contribution < 1.29 is 9.59 Å². The number of rotatable bonds is 6. The molecule has 0 aliphatic carbocycles. The zero-order valence-corrected chi connectivity index (χ0v) is 21.1. The third-order valence-corrected chi connectivity index (χ3v) is 7.26. The summed E-state index contributed by atoms with van der Waals surface area (Å²) in [6.45, 7) is 4.61. The van der Waals surface area contributed by atoms with Crippen molar-refractivity contribution in [3.63, 3.8) is 0 Å². The normalized spacial score (nSPS) is 13.6. The van der Waals surface area contributed by atoms with E-state index < -0.39 is 0 Å². The summed E-state index contributed by atoms with van der Waals surface area (Å²) >= 11 is 13.9. The quantitative estimate of drug-likeness (QED) is 0.411. The third-order valence-electron chi connectivity index (χ3n) is 5.70. The number of thioether (sulfide) groups is 1. The highest BCUT2D eigenvalue weighted by Crippen LogP contribution is 2.30. The first-order valence-corrected chi connectivity index (χ1v) is 12.7. The van der Waals surface area contributed by atoms with Gasteiger partial charge < -0.3 is 15.1 Å². The van der Waals surface area contributed by atoms with Crippen LogP contribution in [0.2, 0.25) is 10.0 Å². The third kappa shape index (κ3) is 6.06. The molecular weight excluding hydrogens is 489 g/mol. The number of piperazine rings is 1. The molecule has 0 saturated carbocycles. The summed E-state index contributed by atoms with van der Waals surface area (Å²) in [5.41, 5.74) is 3.30. The Morgan fingerprint density at radius 2 is 1.65 bits per heavy atom. The molecule has 3 aromatic carbocycles. The van der Waals surface area contributed by atoms with Crippen LogP contribution in [0.5, 0.6) is 0 Å². The van der Waals surface area contributed by atoms with Crippen LogP contribution in [0, 0.1) is 6.92 Å². The van der Waals surface area contributed by atoms with E-state index in [0.29, 0.717) is 41.9 Å². The molecule has 1 aliphatic heterocycles. The van der Waals surface area contributed by atoms with E-state index in [1.165, 1.54) is 11.8 Å². The van der Waals surface area contributed by atoms with E-state index in [2.05, 4.69) is 10.2 Å². The molecular formula is C26H25Cl2N3O2S. The molecule has 1 aliphatic rings. The molecule has 1 N–H and O–H groups in total. The number of carbonyl (C=O) groups excluding carboxylic acids is 2. The molecule has 0 atom stereocenters. The van der Waals surface area contributed by atoms with Gasteiger partial charge in [0.05, 0.1) is 16.5 Å². The van der Waals surface area contributed by atoms with Gasteiger partial charge in [0.1, 0.15) is 0 Å². The van der Waals surface area contributed by atoms with Crippen molar-refractivity contribution in [2.24, 2.45) is 0 Å². The highest BCUT2D eigenvalue weighted by molar-refractivity contribution is 8.00. The van der Waals surface area contributed by atoms with Gasteiger partial charge in [0.15, 0.2) is 0 Å². The summed E-state index contributed by atoms with van der Waals surface area (Å²) in [7, 11) is 0. The van der Waals surface area contributed by atoms with Crippen molar-refractivity contribution in [1.82, 2.24) is 4.90 Å². The number of amides is 2. The lowest BCUT2D eigenvalue weighted by atomic mass is 10.1. The van der Waals surface area contributed by atoms with E-state index in [0.717, 1.165) is 21.7 Å². The van der Waals surface area contributed by atoms with E-state index in [1.54, 1.807) is 18.2 Å². The minimum absolute atomic E-state index is 0.0679. The number of hydrogen-bond donors (Lipinski definition) is 1. The Morgan fingerprint density at radius 1 is 0.941 bits per heavy atom. The molecule has 8 heteroatoms. The number of anilines is 2. The summed E-state index contributed by atoms with van der Waals surface area (Å²) in [6.07, 6.45) is 0. The van der Waals surface area contributed by atoms with Crippen LogP contribution in [0.4, 0.5) is 11.4 Å². The van der Waals surface area contributed by atoms with Crippen LogP contribution in [-0.4, -0.2) is 48.6 Å². The van der Waals surface area contributed by atoms with Crippen molar-refractivity contribution in [3.8, 4) is 0 Å². The molecule has 176 valence electrons. The fourth-order valence-corrected chi connectivity index (χ4v) is 4.98. The van der Waals surface area contributed by atoms with Gasteiger partial charge in [0.25, 0.3) is 5.91 Å². The van der Waals surface area contributed by atoms with Gasteiger partial charge >= 0.3 is 0 Å². The number of halogens is 2. The largest absolute Gasteiger partial charge is 0.367 e. The monoisotopic (exact) mass is 513 g/mol. The molecule has 5 nitrogen and oxygen atoms in total. The van der Waals surface area contributed by atoms with E-state index in [9.17, 15) is 9.59 Å². The molecule has 2 amide bonds. The summed E-state index contributed by atoms with van der Waals surface area (Å²) in [6, 6.07) is 20.6. The average molecular weight is 514 g/mol. The van der Waals surface area contributed by atoms with Gasteiger partial charge in [-0.3, -0.25) is 9.59 Å². The topological polar surface area (TPSA) is 52.7 Å². The van der Waals surface area contributed by atoms with Crippen LogP contribution >= 0.6 is 35.0 Å². The molecule has 0 bridgehead atoms. The Morgan fingerprint density at radius 3 is 2.32 bits per heavy atom. The fraction of sp³-hybridized carbons (Fsp3) is 0.231. The molecule has 0 spiro atoms. The van der Waals surface area contributed by atoms with Gasteiger partial charge in [-0.15, -0.1) is 11.8 Å². The minimum atomic E-state index is -0.105. The maximum Gasteiger partial charge on any atom is 0.254 e. The van der Waals surface area contributed by atoms with Crippen molar-refractivity contribution >= 4 is 58.2 Å². The standard InChI is InChI=1S/C26H25Cl2N3O2S/c1-18-4-2-3-5-22(18)26(33)31-14-12-30(13-15-31)24-11-8-20(16-23(24)28)29-25(32)17-34-21-9-6-19(27)7-10-21/h2-11,16H,12-15,17H2,1H3,(H,29,32). The van der Waals surface area contributed by atoms with Crippen molar-refractivity contribution in [3.05, 3.63) is 87.9 Å². The summed E-state index contributed by atoms with van der Waals surface area (Å²) in [5.74, 6) is 0.253. The van der Waals surface area contributed by atoms with Crippen LogP contribution in [-0.2, 0) is 4.79 Å². The van der Waals surface area contributed by atoms with Crippen molar-refractivity contribution in [1.29, 1.82) is 0 Å². The lowest BCUT2D eigenvalue weighted by Crippen LogP contribution is -2.49. The maximum absolute atomic E-state index is 12.9. The second-order valence-corrected chi connectivity index (χ2v) is 9.94. The van der Waals surface area contributed by atoms with E-state index in [-0.39, 0.29) is 17.6 Å².